The van der Waals surface area contributed by atoms with Gasteiger partial charge >= 0.3 is 0 Å². The molecule has 1 aliphatic carbocycles. The predicted octanol–water partition coefficient (Wildman–Crippen LogP) is 5.39. The molecule has 2 heteroatoms. The molecule has 0 aliphatic heterocycles. The zero-order valence-electron chi connectivity index (χ0n) is 16.5. The summed E-state index contributed by atoms with van der Waals surface area (Å²) in [5.41, 5.74) is 5.93. The van der Waals surface area contributed by atoms with Crippen molar-refractivity contribution in [1.82, 2.24) is 4.98 Å². The molecule has 0 radical (unpaired) electrons. The third-order valence-corrected chi connectivity index (χ3v) is 5.82. The predicted molar refractivity (Wildman–Crippen MR) is 104 cm³/mol. The highest BCUT2D eigenvalue weighted by atomic mass is 14.9. The first-order valence-electron chi connectivity index (χ1n) is 9.91. The van der Waals surface area contributed by atoms with E-state index in [2.05, 4.69) is 47.8 Å². The van der Waals surface area contributed by atoms with Crippen molar-refractivity contribution in [2.24, 2.45) is 7.05 Å². The number of rotatable bonds is 2. The van der Waals surface area contributed by atoms with Crippen LogP contribution in [0, 0.1) is 13.8 Å². The van der Waals surface area contributed by atoms with Gasteiger partial charge in [0.15, 0.2) is 5.69 Å². The molecule has 0 spiro atoms. The van der Waals surface area contributed by atoms with Gasteiger partial charge in [-0.15, -0.1) is 0 Å². The van der Waals surface area contributed by atoms with E-state index in [1.54, 1.807) is 0 Å². The van der Waals surface area contributed by atoms with Crippen LogP contribution in [0.25, 0.3) is 22.0 Å². The van der Waals surface area contributed by atoms with Crippen LogP contribution in [0.15, 0.2) is 42.7 Å². The van der Waals surface area contributed by atoms with Gasteiger partial charge in [-0.25, -0.2) is 0 Å². The van der Waals surface area contributed by atoms with Crippen LogP contribution in [0.4, 0.5) is 0 Å². The lowest BCUT2D eigenvalue weighted by Crippen LogP contribution is -2.35. The highest BCUT2D eigenvalue weighted by Crippen LogP contribution is 2.35. The second-order valence-corrected chi connectivity index (χ2v) is 7.45. The van der Waals surface area contributed by atoms with Crippen LogP contribution in [-0.4, -0.2) is 4.98 Å². The summed E-state index contributed by atoms with van der Waals surface area (Å²) in [4.78, 5) is 4.35. The van der Waals surface area contributed by atoms with E-state index in [0.29, 0.717) is 12.0 Å². The number of aryl methyl sites for hydroxylation is 1. The molecule has 1 aromatic carbocycles. The molecule has 25 heavy (non-hydrogen) atoms. The van der Waals surface area contributed by atoms with Crippen molar-refractivity contribution >= 4 is 10.8 Å². The average molecular weight is 332 g/mol. The number of nitrogens with zero attached hydrogens (tertiary/aromatic N) is 2. The second kappa shape index (κ2) is 6.59. The SMILES string of the molecule is [2H]c1c(C)[n+](C)c(-c2cnccc2C)c2ccc(C3CCCCC3)cc12. The molecule has 4 rings (SSSR count). The fourth-order valence-electron chi connectivity index (χ4n) is 4.23. The number of benzene rings is 1. The van der Waals surface area contributed by atoms with Gasteiger partial charge in [0.05, 0.1) is 12.3 Å². The summed E-state index contributed by atoms with van der Waals surface area (Å²) in [6, 6.07) is 9.52. The molecule has 0 saturated heterocycles. The third-order valence-electron chi connectivity index (χ3n) is 5.82. The van der Waals surface area contributed by atoms with Crippen molar-refractivity contribution in [3.8, 4) is 11.3 Å². The average Bonchev–Trinajstić information content (AvgIpc) is 2.68. The zero-order valence-corrected chi connectivity index (χ0v) is 15.5. The molecule has 1 saturated carbocycles. The smallest absolute Gasteiger partial charge is 0.222 e. The fourth-order valence-corrected chi connectivity index (χ4v) is 4.23. The first kappa shape index (κ1) is 15.1. The second-order valence-electron chi connectivity index (χ2n) is 7.45. The molecule has 0 bridgehead atoms. The van der Waals surface area contributed by atoms with Crippen molar-refractivity contribution in [2.45, 2.75) is 51.9 Å². The Hall–Kier alpha value is -2.22. The van der Waals surface area contributed by atoms with E-state index < -0.39 is 0 Å². The van der Waals surface area contributed by atoms with Gasteiger partial charge in [0.25, 0.3) is 0 Å². The minimum Gasteiger partial charge on any atom is -0.264 e. The van der Waals surface area contributed by atoms with Gasteiger partial charge in [-0.05, 0) is 54.3 Å². The monoisotopic (exact) mass is 332 g/mol. The highest BCUT2D eigenvalue weighted by Gasteiger charge is 2.21. The van der Waals surface area contributed by atoms with Gasteiger partial charge in [0, 0.05) is 25.4 Å². The minimum atomic E-state index is 0.644. The van der Waals surface area contributed by atoms with Crippen LogP contribution in [0.1, 0.15) is 56.2 Å². The molecular formula is C23H27N2+. The number of aromatic nitrogens is 2. The summed E-state index contributed by atoms with van der Waals surface area (Å²) in [6.07, 6.45) is 10.4. The molecule has 2 heterocycles. The maximum atomic E-state index is 8.72. The normalized spacial score (nSPS) is 16.2. The summed E-state index contributed by atoms with van der Waals surface area (Å²) in [5.74, 6) is 0.658. The third kappa shape index (κ3) is 2.95. The summed E-state index contributed by atoms with van der Waals surface area (Å²) < 4.78 is 10.9. The minimum absolute atomic E-state index is 0.644. The fraction of sp³-hybridized carbons (Fsp3) is 0.391. The molecular weight excluding hydrogens is 304 g/mol. The maximum Gasteiger partial charge on any atom is 0.222 e. The van der Waals surface area contributed by atoms with E-state index in [-0.39, 0.29) is 0 Å². The van der Waals surface area contributed by atoms with Crippen molar-refractivity contribution in [2.75, 3.05) is 0 Å². The van der Waals surface area contributed by atoms with E-state index in [9.17, 15) is 0 Å². The summed E-state index contributed by atoms with van der Waals surface area (Å²) in [7, 11) is 2.06. The number of fused-ring (bicyclic) bond motifs is 1. The lowest BCUT2D eigenvalue weighted by Gasteiger charge is -2.22. The van der Waals surface area contributed by atoms with Crippen molar-refractivity contribution < 1.29 is 5.94 Å². The number of hydrogen-bond acceptors (Lipinski definition) is 1. The summed E-state index contributed by atoms with van der Waals surface area (Å²) >= 11 is 0. The molecule has 0 N–H and O–H groups in total. The van der Waals surface area contributed by atoms with Gasteiger partial charge in [-0.2, -0.15) is 4.57 Å². The first-order valence-corrected chi connectivity index (χ1v) is 9.41. The van der Waals surface area contributed by atoms with Crippen LogP contribution in [0.2, 0.25) is 0 Å². The van der Waals surface area contributed by atoms with Gasteiger partial charge in [0.2, 0.25) is 5.69 Å². The highest BCUT2D eigenvalue weighted by molar-refractivity contribution is 5.94. The van der Waals surface area contributed by atoms with Crippen molar-refractivity contribution in [3.05, 3.63) is 59.5 Å². The number of pyridine rings is 2. The van der Waals surface area contributed by atoms with Crippen LogP contribution in [-0.2, 0) is 7.05 Å². The van der Waals surface area contributed by atoms with E-state index >= 15 is 0 Å². The molecule has 0 atom stereocenters. The molecule has 1 aliphatic rings. The Kier molecular flexibility index (Phi) is 3.97. The molecule has 0 amide bonds. The Morgan fingerprint density at radius 2 is 1.92 bits per heavy atom. The topological polar surface area (TPSA) is 16.8 Å². The zero-order chi connectivity index (χ0) is 18.3. The van der Waals surface area contributed by atoms with Crippen LogP contribution in [0.3, 0.4) is 0 Å². The van der Waals surface area contributed by atoms with Gasteiger partial charge in [-0.3, -0.25) is 4.98 Å². The van der Waals surface area contributed by atoms with E-state index in [1.807, 2.05) is 19.3 Å². The van der Waals surface area contributed by atoms with Crippen molar-refractivity contribution in [3.63, 3.8) is 0 Å². The Balaban J connectivity index is 1.96. The van der Waals surface area contributed by atoms with E-state index in [1.165, 1.54) is 43.2 Å². The standard InChI is InChI=1S/C23H27N2/c1-16-11-12-24-15-22(16)23-21-10-9-19(18-7-5-4-6-8-18)14-20(21)13-17(2)25(23)3/h9-15,18H,4-8H2,1-3H3/q+1/i13D. The summed E-state index contributed by atoms with van der Waals surface area (Å²) in [6.45, 7) is 4.17. The van der Waals surface area contributed by atoms with E-state index in [4.69, 9.17) is 1.37 Å². The van der Waals surface area contributed by atoms with Crippen LogP contribution in [0.5, 0.6) is 0 Å². The largest absolute Gasteiger partial charge is 0.264 e. The molecule has 128 valence electrons. The Labute approximate surface area is 152 Å². The van der Waals surface area contributed by atoms with Gasteiger partial charge < -0.3 is 0 Å². The molecule has 3 aromatic rings. The summed E-state index contributed by atoms with van der Waals surface area (Å²) in [5, 5.41) is 2.22. The lowest BCUT2D eigenvalue weighted by atomic mass is 9.83. The molecule has 2 nitrogen and oxygen atoms in total. The first-order chi connectivity index (χ1) is 12.6. The maximum absolute atomic E-state index is 8.72. The quantitative estimate of drug-likeness (QED) is 0.575. The van der Waals surface area contributed by atoms with Crippen LogP contribution < -0.4 is 4.57 Å². The van der Waals surface area contributed by atoms with Crippen LogP contribution >= 0.6 is 0 Å². The lowest BCUT2D eigenvalue weighted by molar-refractivity contribution is -0.665. The molecule has 2 aromatic heterocycles. The molecule has 1 fully saturated rings. The molecule has 0 unspecified atom stereocenters. The Morgan fingerprint density at radius 1 is 1.12 bits per heavy atom. The van der Waals surface area contributed by atoms with Crippen molar-refractivity contribution in [1.29, 1.82) is 0 Å². The Bertz CT molecular complexity index is 972. The van der Waals surface area contributed by atoms with E-state index in [0.717, 1.165) is 27.7 Å². The Morgan fingerprint density at radius 3 is 2.68 bits per heavy atom. The van der Waals surface area contributed by atoms with Gasteiger partial charge in [-0.1, -0.05) is 31.4 Å². The number of hydrogen-bond donors (Lipinski definition) is 0. The van der Waals surface area contributed by atoms with Gasteiger partial charge in [0.1, 0.15) is 7.05 Å².